The number of hydrogen-bond acceptors (Lipinski definition) is 2. The highest BCUT2D eigenvalue weighted by Gasteiger charge is 2.10. The summed E-state index contributed by atoms with van der Waals surface area (Å²) in [6, 6.07) is 15.3. The summed E-state index contributed by atoms with van der Waals surface area (Å²) in [6.45, 7) is 5.71. The number of allylic oxidation sites excluding steroid dienone is 1. The molecule has 0 aliphatic carbocycles. The number of hydrogen-bond donors (Lipinski definition) is 0. The van der Waals surface area contributed by atoms with Crippen molar-refractivity contribution in [1.82, 2.24) is 0 Å². The number of carbonyl (C=O) groups is 1. The third kappa shape index (κ3) is 3.35. The van der Waals surface area contributed by atoms with Crippen molar-refractivity contribution < 1.29 is 9.53 Å². The number of para-hydroxylation sites is 1. The number of Topliss-reactive ketones (excluding diaryl/α,β-unsaturated/α-hetero) is 1. The average molecular weight is 266 g/mol. The van der Waals surface area contributed by atoms with Gasteiger partial charge in [0.2, 0.25) is 0 Å². The molecule has 0 heterocycles. The van der Waals surface area contributed by atoms with Crippen molar-refractivity contribution in [1.29, 1.82) is 0 Å². The van der Waals surface area contributed by atoms with E-state index >= 15 is 0 Å². The molecule has 0 fully saturated rings. The third-order valence-electron chi connectivity index (χ3n) is 3.14. The molecule has 2 nitrogen and oxygen atoms in total. The maximum Gasteiger partial charge on any atom is 0.200 e. The Hall–Kier alpha value is -2.35. The van der Waals surface area contributed by atoms with E-state index in [4.69, 9.17) is 4.74 Å². The molecule has 2 aromatic carbocycles. The average Bonchev–Trinajstić information content (AvgIpc) is 2.47. The van der Waals surface area contributed by atoms with Crippen LogP contribution in [0.3, 0.4) is 0 Å². The Balaban J connectivity index is 2.07. The van der Waals surface area contributed by atoms with Gasteiger partial charge in [0.1, 0.15) is 5.75 Å². The fourth-order valence-corrected chi connectivity index (χ4v) is 2.08. The predicted molar refractivity (Wildman–Crippen MR) is 81.3 cm³/mol. The van der Waals surface area contributed by atoms with Gasteiger partial charge in [0, 0.05) is 5.56 Å². The van der Waals surface area contributed by atoms with Gasteiger partial charge in [0.05, 0.1) is 0 Å². The van der Waals surface area contributed by atoms with Gasteiger partial charge in [0.15, 0.2) is 12.4 Å². The summed E-state index contributed by atoms with van der Waals surface area (Å²) in [4.78, 5) is 12.2. The molecule has 0 radical (unpaired) electrons. The van der Waals surface area contributed by atoms with E-state index < -0.39 is 0 Å². The van der Waals surface area contributed by atoms with Crippen molar-refractivity contribution in [3.8, 4) is 5.75 Å². The molecule has 0 bridgehead atoms. The highest BCUT2D eigenvalue weighted by Crippen LogP contribution is 2.19. The van der Waals surface area contributed by atoms with Gasteiger partial charge in [-0.2, -0.15) is 0 Å². The van der Waals surface area contributed by atoms with E-state index in [2.05, 4.69) is 6.58 Å². The second kappa shape index (κ2) is 6.71. The van der Waals surface area contributed by atoms with Gasteiger partial charge in [-0.1, -0.05) is 48.5 Å². The maximum absolute atomic E-state index is 12.2. The Kier molecular flexibility index (Phi) is 4.72. The molecule has 0 amide bonds. The number of ketones is 1. The molecule has 2 rings (SSSR count). The van der Waals surface area contributed by atoms with E-state index in [-0.39, 0.29) is 12.4 Å². The molecule has 0 saturated heterocycles. The third-order valence-corrected chi connectivity index (χ3v) is 3.14. The van der Waals surface area contributed by atoms with Crippen molar-refractivity contribution in [2.45, 2.75) is 13.3 Å². The first-order valence-corrected chi connectivity index (χ1v) is 6.63. The lowest BCUT2D eigenvalue weighted by molar-refractivity contribution is 0.0920. The van der Waals surface area contributed by atoms with E-state index in [0.717, 1.165) is 23.3 Å². The van der Waals surface area contributed by atoms with Gasteiger partial charge in [-0.15, -0.1) is 6.58 Å². The maximum atomic E-state index is 12.2. The molecule has 0 aliphatic rings. The molecule has 0 unspecified atom stereocenters. The van der Waals surface area contributed by atoms with Crippen LogP contribution in [-0.4, -0.2) is 12.4 Å². The molecular weight excluding hydrogens is 248 g/mol. The van der Waals surface area contributed by atoms with E-state index in [0.29, 0.717) is 5.56 Å². The van der Waals surface area contributed by atoms with Crippen LogP contribution in [0.4, 0.5) is 0 Å². The fourth-order valence-electron chi connectivity index (χ4n) is 2.08. The molecule has 0 atom stereocenters. The van der Waals surface area contributed by atoms with E-state index in [9.17, 15) is 4.79 Å². The Labute approximate surface area is 119 Å². The Bertz CT molecular complexity index is 614. The lowest BCUT2D eigenvalue weighted by Gasteiger charge is -2.10. The normalized spacial score (nSPS) is 10.1. The topological polar surface area (TPSA) is 26.3 Å². The molecule has 0 aliphatic heterocycles. The minimum Gasteiger partial charge on any atom is -0.485 e. The summed E-state index contributed by atoms with van der Waals surface area (Å²) >= 11 is 0. The first-order chi connectivity index (χ1) is 9.72. The minimum atomic E-state index is -0.00324. The molecule has 2 aromatic rings. The zero-order valence-corrected chi connectivity index (χ0v) is 11.6. The van der Waals surface area contributed by atoms with E-state index in [1.54, 1.807) is 0 Å². The van der Waals surface area contributed by atoms with Crippen LogP contribution < -0.4 is 4.74 Å². The summed E-state index contributed by atoms with van der Waals surface area (Å²) in [5.41, 5.74) is 2.73. The molecule has 102 valence electrons. The molecule has 20 heavy (non-hydrogen) atoms. The lowest BCUT2D eigenvalue weighted by Crippen LogP contribution is -2.13. The summed E-state index contributed by atoms with van der Waals surface area (Å²) in [7, 11) is 0. The van der Waals surface area contributed by atoms with Crippen LogP contribution >= 0.6 is 0 Å². The Morgan fingerprint density at radius 2 is 1.85 bits per heavy atom. The van der Waals surface area contributed by atoms with Crippen molar-refractivity contribution in [2.24, 2.45) is 0 Å². The molecule has 0 saturated carbocycles. The standard InChI is InChI=1S/C18H18O2/c1-3-8-15-10-5-7-12-18(15)20-13-17(19)16-11-6-4-9-14(16)2/h3-7,9-12H,1,8,13H2,2H3. The highest BCUT2D eigenvalue weighted by atomic mass is 16.5. The molecule has 0 N–H and O–H groups in total. The zero-order chi connectivity index (χ0) is 14.4. The minimum absolute atomic E-state index is 0.00324. The first kappa shape index (κ1) is 14.1. The molecular formula is C18H18O2. The molecule has 0 aromatic heterocycles. The Morgan fingerprint density at radius 1 is 1.15 bits per heavy atom. The lowest BCUT2D eigenvalue weighted by atomic mass is 10.1. The van der Waals surface area contributed by atoms with E-state index in [1.807, 2.05) is 61.5 Å². The molecule has 0 spiro atoms. The predicted octanol–water partition coefficient (Wildman–Crippen LogP) is 3.99. The van der Waals surface area contributed by atoms with Crippen LogP contribution in [0.1, 0.15) is 21.5 Å². The number of benzene rings is 2. The van der Waals surface area contributed by atoms with Crippen molar-refractivity contribution in [3.63, 3.8) is 0 Å². The number of aryl methyl sites for hydroxylation is 1. The summed E-state index contributed by atoms with van der Waals surface area (Å²) in [5, 5.41) is 0. The zero-order valence-electron chi connectivity index (χ0n) is 11.6. The fraction of sp³-hybridized carbons (Fsp3) is 0.167. The van der Waals surface area contributed by atoms with Gasteiger partial charge >= 0.3 is 0 Å². The van der Waals surface area contributed by atoms with Crippen LogP contribution in [0.5, 0.6) is 5.75 Å². The van der Waals surface area contributed by atoms with Crippen LogP contribution in [0.25, 0.3) is 0 Å². The van der Waals surface area contributed by atoms with Gasteiger partial charge in [-0.3, -0.25) is 4.79 Å². The number of carbonyl (C=O) groups excluding carboxylic acids is 1. The van der Waals surface area contributed by atoms with Gasteiger partial charge < -0.3 is 4.74 Å². The van der Waals surface area contributed by atoms with Crippen LogP contribution in [0, 0.1) is 6.92 Å². The van der Waals surface area contributed by atoms with Gasteiger partial charge in [-0.25, -0.2) is 0 Å². The number of ether oxygens (including phenoxy) is 1. The van der Waals surface area contributed by atoms with Crippen molar-refractivity contribution >= 4 is 5.78 Å². The van der Waals surface area contributed by atoms with Crippen molar-refractivity contribution in [2.75, 3.05) is 6.61 Å². The Morgan fingerprint density at radius 3 is 2.60 bits per heavy atom. The van der Waals surface area contributed by atoms with Crippen molar-refractivity contribution in [3.05, 3.63) is 77.9 Å². The largest absolute Gasteiger partial charge is 0.485 e. The van der Waals surface area contributed by atoms with Crippen LogP contribution in [0.15, 0.2) is 61.2 Å². The summed E-state index contributed by atoms with van der Waals surface area (Å²) in [5.74, 6) is 0.742. The second-order valence-corrected chi connectivity index (χ2v) is 4.63. The van der Waals surface area contributed by atoms with Gasteiger partial charge in [0.25, 0.3) is 0 Å². The quantitative estimate of drug-likeness (QED) is 0.584. The van der Waals surface area contributed by atoms with Crippen LogP contribution in [0.2, 0.25) is 0 Å². The molecule has 2 heteroatoms. The van der Waals surface area contributed by atoms with E-state index in [1.165, 1.54) is 0 Å². The van der Waals surface area contributed by atoms with Gasteiger partial charge in [-0.05, 0) is 30.5 Å². The monoisotopic (exact) mass is 266 g/mol. The second-order valence-electron chi connectivity index (χ2n) is 4.63. The summed E-state index contributed by atoms with van der Waals surface area (Å²) in [6.07, 6.45) is 2.56. The highest BCUT2D eigenvalue weighted by molar-refractivity contribution is 5.98. The number of rotatable bonds is 6. The smallest absolute Gasteiger partial charge is 0.200 e. The SMILES string of the molecule is C=CCc1ccccc1OCC(=O)c1ccccc1C. The summed E-state index contributed by atoms with van der Waals surface area (Å²) < 4.78 is 5.66. The van der Waals surface area contributed by atoms with Crippen LogP contribution in [-0.2, 0) is 6.42 Å². The first-order valence-electron chi connectivity index (χ1n) is 6.63.